The predicted octanol–water partition coefficient (Wildman–Crippen LogP) is 4.32. The van der Waals surface area contributed by atoms with Gasteiger partial charge in [0.1, 0.15) is 0 Å². The van der Waals surface area contributed by atoms with Crippen LogP contribution in [0.15, 0.2) is 0 Å². The summed E-state index contributed by atoms with van der Waals surface area (Å²) in [7, 11) is 0. The second kappa shape index (κ2) is 11.0. The average Bonchev–Trinajstić information content (AvgIpc) is 2.39. The van der Waals surface area contributed by atoms with Gasteiger partial charge in [-0.3, -0.25) is 4.79 Å². The van der Waals surface area contributed by atoms with Crippen molar-refractivity contribution in [1.29, 1.82) is 0 Å². The van der Waals surface area contributed by atoms with Gasteiger partial charge in [0.25, 0.3) is 0 Å². The van der Waals surface area contributed by atoms with Gasteiger partial charge in [-0.15, -0.1) is 0 Å². The smallest absolute Gasteiger partial charge is 0.305 e. The molecular weight excluding hydrogens is 300 g/mol. The summed E-state index contributed by atoms with van der Waals surface area (Å²) in [6.45, 7) is 13.8. The number of rotatable bonds is 11. The minimum absolute atomic E-state index is 0.203. The number of unbranched alkanes of at least 4 members (excludes halogenated alkanes) is 1. The van der Waals surface area contributed by atoms with E-state index in [0.29, 0.717) is 25.9 Å². The van der Waals surface area contributed by atoms with Crippen LogP contribution in [0.25, 0.3) is 0 Å². The summed E-state index contributed by atoms with van der Waals surface area (Å²) in [5.74, 6) is -0.203. The van der Waals surface area contributed by atoms with Crippen LogP contribution in [0.5, 0.6) is 0 Å². The maximum absolute atomic E-state index is 11.6. The summed E-state index contributed by atoms with van der Waals surface area (Å²) in [5, 5.41) is 0. The highest BCUT2D eigenvalue weighted by atomic mass is 17.3. The summed E-state index contributed by atoms with van der Waals surface area (Å²) in [6, 6.07) is 0. The molecule has 0 saturated carbocycles. The molecule has 0 rings (SSSR count). The van der Waals surface area contributed by atoms with Crippen molar-refractivity contribution in [2.24, 2.45) is 0 Å². The molecule has 0 unspecified atom stereocenters. The topological polar surface area (TPSA) is 63.2 Å². The Kier molecular flexibility index (Phi) is 10.6. The summed E-state index contributed by atoms with van der Waals surface area (Å²) in [6.07, 6.45) is 2.55. The molecule has 0 saturated heterocycles. The van der Waals surface area contributed by atoms with Crippen molar-refractivity contribution in [1.82, 2.24) is 0 Å². The van der Waals surface area contributed by atoms with Crippen molar-refractivity contribution in [3.05, 3.63) is 0 Å². The highest BCUT2D eigenvalue weighted by Gasteiger charge is 2.22. The molecule has 23 heavy (non-hydrogen) atoms. The lowest BCUT2D eigenvalue weighted by Crippen LogP contribution is -2.29. The number of esters is 1. The normalized spacial score (nSPS) is 12.7. The zero-order chi connectivity index (χ0) is 17.9. The fourth-order valence-electron chi connectivity index (χ4n) is 1.32. The van der Waals surface area contributed by atoms with Gasteiger partial charge in [-0.05, 0) is 54.4 Å². The number of carbonyl (C=O) groups excluding carboxylic acids is 1. The van der Waals surface area contributed by atoms with Gasteiger partial charge in [-0.1, -0.05) is 13.3 Å². The van der Waals surface area contributed by atoms with E-state index in [1.54, 1.807) is 0 Å². The molecular formula is C17H34O6. The molecule has 0 aliphatic rings. The second-order valence-corrected chi connectivity index (χ2v) is 7.48. The number of ether oxygens (including phenoxy) is 1. The van der Waals surface area contributed by atoms with Crippen molar-refractivity contribution < 1.29 is 29.1 Å². The van der Waals surface area contributed by atoms with Crippen LogP contribution >= 0.6 is 0 Å². The van der Waals surface area contributed by atoms with Gasteiger partial charge < -0.3 is 4.74 Å². The molecule has 0 aromatic carbocycles. The van der Waals surface area contributed by atoms with Crippen molar-refractivity contribution in [2.75, 3.05) is 6.61 Å². The largest absolute Gasteiger partial charge is 0.466 e. The van der Waals surface area contributed by atoms with Crippen LogP contribution in [0.1, 0.15) is 80.6 Å². The zero-order valence-corrected chi connectivity index (χ0v) is 15.8. The van der Waals surface area contributed by atoms with E-state index in [9.17, 15) is 4.79 Å². The molecule has 0 amide bonds. The molecule has 0 atom stereocenters. The van der Waals surface area contributed by atoms with Crippen molar-refractivity contribution in [2.45, 2.75) is 98.1 Å². The lowest BCUT2D eigenvalue weighted by Gasteiger charge is -2.25. The van der Waals surface area contributed by atoms with Crippen LogP contribution in [0.2, 0.25) is 0 Å². The van der Waals surface area contributed by atoms with E-state index < -0.39 is 17.5 Å². The Morgan fingerprint density at radius 3 is 1.87 bits per heavy atom. The van der Waals surface area contributed by atoms with Gasteiger partial charge in [-0.2, -0.15) is 0 Å². The van der Waals surface area contributed by atoms with E-state index in [-0.39, 0.29) is 5.97 Å². The maximum Gasteiger partial charge on any atom is 0.305 e. The molecule has 0 aromatic rings. The number of carbonyl (C=O) groups is 1. The van der Waals surface area contributed by atoms with Gasteiger partial charge in [0, 0.05) is 12.8 Å². The average molecular weight is 334 g/mol. The molecule has 138 valence electrons. The Labute approximate surface area is 140 Å². The Morgan fingerprint density at radius 1 is 0.913 bits per heavy atom. The fraction of sp³-hybridized carbons (Fsp3) is 0.941. The molecule has 6 nitrogen and oxygen atoms in total. The third kappa shape index (κ3) is 16.0. The Balaban J connectivity index is 4.16. The second-order valence-electron chi connectivity index (χ2n) is 7.48. The minimum atomic E-state index is -0.697. The maximum atomic E-state index is 11.6. The minimum Gasteiger partial charge on any atom is -0.466 e. The quantitative estimate of drug-likeness (QED) is 0.184. The molecule has 0 N–H and O–H groups in total. The molecule has 0 radical (unpaired) electrons. The highest BCUT2D eigenvalue weighted by Crippen LogP contribution is 2.17. The Hall–Kier alpha value is -0.690. The Bertz CT molecular complexity index is 298. The molecule has 0 aliphatic carbocycles. The van der Waals surface area contributed by atoms with E-state index in [2.05, 4.69) is 6.92 Å². The molecule has 0 spiro atoms. The van der Waals surface area contributed by atoms with E-state index in [1.807, 2.05) is 41.5 Å². The monoisotopic (exact) mass is 334 g/mol. The summed E-state index contributed by atoms with van der Waals surface area (Å²) in [5.41, 5.74) is -0.912. The summed E-state index contributed by atoms with van der Waals surface area (Å²) < 4.78 is 5.11. The van der Waals surface area contributed by atoms with E-state index in [4.69, 9.17) is 24.3 Å². The SMILES string of the molecule is CCCCOC(=O)CCCC(OOC(C)(C)C)OOC(C)(C)C. The van der Waals surface area contributed by atoms with Gasteiger partial charge in [0.2, 0.25) is 6.29 Å². The predicted molar refractivity (Wildman–Crippen MR) is 87.4 cm³/mol. The number of hydrogen-bond acceptors (Lipinski definition) is 6. The van der Waals surface area contributed by atoms with E-state index >= 15 is 0 Å². The van der Waals surface area contributed by atoms with Gasteiger partial charge in [-0.25, -0.2) is 19.6 Å². The van der Waals surface area contributed by atoms with Crippen LogP contribution < -0.4 is 0 Å². The van der Waals surface area contributed by atoms with Crippen molar-refractivity contribution in [3.63, 3.8) is 0 Å². The first kappa shape index (κ1) is 22.3. The zero-order valence-electron chi connectivity index (χ0n) is 15.8. The third-order valence-corrected chi connectivity index (χ3v) is 2.39. The van der Waals surface area contributed by atoms with E-state index in [1.165, 1.54) is 0 Å². The van der Waals surface area contributed by atoms with Gasteiger partial charge in [0.15, 0.2) is 0 Å². The fourth-order valence-corrected chi connectivity index (χ4v) is 1.32. The lowest BCUT2D eigenvalue weighted by atomic mass is 10.2. The number of hydrogen-bond donors (Lipinski definition) is 0. The highest BCUT2D eigenvalue weighted by molar-refractivity contribution is 5.69. The lowest BCUT2D eigenvalue weighted by molar-refractivity contribution is -0.497. The summed E-state index contributed by atoms with van der Waals surface area (Å²) >= 11 is 0. The molecule has 0 aromatic heterocycles. The third-order valence-electron chi connectivity index (χ3n) is 2.39. The van der Waals surface area contributed by atoms with Crippen LogP contribution in [-0.2, 0) is 29.1 Å². The van der Waals surface area contributed by atoms with Crippen LogP contribution in [0, 0.1) is 0 Å². The molecule has 0 fully saturated rings. The molecule has 0 bridgehead atoms. The van der Waals surface area contributed by atoms with Gasteiger partial charge in [0.05, 0.1) is 17.8 Å². The standard InChI is InChI=1S/C17H34O6/c1-8-9-13-19-14(18)11-10-12-15(20-22-16(2,3)4)21-23-17(5,6)7/h15H,8-13H2,1-7H3. The van der Waals surface area contributed by atoms with Crippen LogP contribution in [0.4, 0.5) is 0 Å². The molecule has 0 heterocycles. The molecule has 0 aliphatic heterocycles. The van der Waals surface area contributed by atoms with Gasteiger partial charge >= 0.3 is 5.97 Å². The molecule has 6 heteroatoms. The van der Waals surface area contributed by atoms with Crippen molar-refractivity contribution >= 4 is 5.97 Å². The first-order valence-electron chi connectivity index (χ1n) is 8.38. The van der Waals surface area contributed by atoms with Crippen molar-refractivity contribution in [3.8, 4) is 0 Å². The van der Waals surface area contributed by atoms with Crippen LogP contribution in [0.3, 0.4) is 0 Å². The first-order valence-corrected chi connectivity index (χ1v) is 8.38. The Morgan fingerprint density at radius 2 is 1.43 bits per heavy atom. The van der Waals surface area contributed by atoms with E-state index in [0.717, 1.165) is 12.8 Å². The van der Waals surface area contributed by atoms with Crippen LogP contribution in [-0.4, -0.2) is 30.1 Å². The first-order chi connectivity index (χ1) is 10.5. The summed E-state index contributed by atoms with van der Waals surface area (Å²) in [4.78, 5) is 32.7.